The molecule has 0 aromatic rings. The average Bonchev–Trinajstić information content (AvgIpc) is 2.67. The third kappa shape index (κ3) is 4.86. The van der Waals surface area contributed by atoms with Crippen molar-refractivity contribution >= 4 is 17.7 Å². The smallest absolute Gasteiger partial charge is 0.219 e. The fourth-order valence-electron chi connectivity index (χ4n) is 3.72. The first kappa shape index (κ1) is 17.1. The van der Waals surface area contributed by atoms with Crippen LogP contribution in [0.4, 0.5) is 0 Å². The Balaban J connectivity index is 1.82. The van der Waals surface area contributed by atoms with E-state index in [1.165, 1.54) is 31.8 Å². The fourth-order valence-corrected chi connectivity index (χ4v) is 4.14. The summed E-state index contributed by atoms with van der Waals surface area (Å²) in [6, 6.07) is 0.686. The maximum Gasteiger partial charge on any atom is 0.219 e. The Morgan fingerprint density at radius 3 is 2.71 bits per heavy atom. The van der Waals surface area contributed by atoms with Crippen molar-refractivity contribution in [2.75, 3.05) is 57.8 Å². The number of hydrogen-bond acceptors (Lipinski definition) is 4. The highest BCUT2D eigenvalue weighted by molar-refractivity contribution is 7.98. The zero-order chi connectivity index (χ0) is 15.2. The van der Waals surface area contributed by atoms with E-state index in [1.54, 1.807) is 6.92 Å². The average molecular weight is 314 g/mol. The first-order valence-electron chi connectivity index (χ1n) is 8.32. The van der Waals surface area contributed by atoms with Crippen LogP contribution in [0.5, 0.6) is 0 Å². The molecule has 0 saturated carbocycles. The van der Waals surface area contributed by atoms with Gasteiger partial charge < -0.3 is 9.80 Å². The molecule has 5 heteroatoms. The van der Waals surface area contributed by atoms with Crippen LogP contribution in [0.15, 0.2) is 0 Å². The first-order valence-corrected chi connectivity index (χ1v) is 9.72. The molecule has 2 fully saturated rings. The van der Waals surface area contributed by atoms with Gasteiger partial charge in [0.15, 0.2) is 0 Å². The summed E-state index contributed by atoms with van der Waals surface area (Å²) < 4.78 is 0. The Hall–Kier alpha value is -0.260. The van der Waals surface area contributed by atoms with Crippen LogP contribution in [0.2, 0.25) is 0 Å². The van der Waals surface area contributed by atoms with E-state index in [1.807, 2.05) is 16.7 Å². The minimum Gasteiger partial charge on any atom is -0.342 e. The van der Waals surface area contributed by atoms with E-state index in [-0.39, 0.29) is 5.91 Å². The number of carbonyl (C=O) groups is 1. The largest absolute Gasteiger partial charge is 0.342 e. The van der Waals surface area contributed by atoms with Crippen molar-refractivity contribution in [3.8, 4) is 0 Å². The number of carbonyl (C=O) groups excluding carboxylic acids is 1. The molecule has 4 nitrogen and oxygen atoms in total. The van der Waals surface area contributed by atoms with E-state index in [0.29, 0.717) is 6.04 Å². The predicted molar refractivity (Wildman–Crippen MR) is 90.8 cm³/mol. The normalized spacial score (nSPS) is 28.8. The second-order valence-electron chi connectivity index (χ2n) is 6.55. The summed E-state index contributed by atoms with van der Waals surface area (Å²) in [6.07, 6.45) is 4.61. The fraction of sp³-hybridized carbons (Fsp3) is 0.938. The van der Waals surface area contributed by atoms with E-state index in [9.17, 15) is 4.79 Å². The van der Waals surface area contributed by atoms with Gasteiger partial charge in [-0.05, 0) is 37.3 Å². The van der Waals surface area contributed by atoms with Crippen LogP contribution in [0, 0.1) is 5.92 Å². The van der Waals surface area contributed by atoms with Crippen LogP contribution in [-0.4, -0.2) is 84.5 Å². The van der Waals surface area contributed by atoms with Gasteiger partial charge in [0.05, 0.1) is 0 Å². The lowest BCUT2D eigenvalue weighted by Crippen LogP contribution is -2.43. The molecule has 0 aromatic carbocycles. The van der Waals surface area contributed by atoms with E-state index < -0.39 is 0 Å². The molecular formula is C16H31N3OS. The van der Waals surface area contributed by atoms with Crippen LogP contribution in [0.25, 0.3) is 0 Å². The van der Waals surface area contributed by atoms with Crippen LogP contribution < -0.4 is 0 Å². The van der Waals surface area contributed by atoms with E-state index in [0.717, 1.165) is 38.5 Å². The van der Waals surface area contributed by atoms with Crippen molar-refractivity contribution < 1.29 is 4.79 Å². The molecule has 122 valence electrons. The minimum atomic E-state index is 0.231. The number of amides is 1. The summed E-state index contributed by atoms with van der Waals surface area (Å²) in [5, 5.41) is 0. The number of hydrogen-bond donors (Lipinski definition) is 0. The van der Waals surface area contributed by atoms with Crippen molar-refractivity contribution in [2.45, 2.75) is 32.7 Å². The topological polar surface area (TPSA) is 26.8 Å². The van der Waals surface area contributed by atoms with Gasteiger partial charge in [-0.2, -0.15) is 11.8 Å². The minimum absolute atomic E-state index is 0.231. The predicted octanol–water partition coefficient (Wildman–Crippen LogP) is 1.61. The molecule has 0 N–H and O–H groups in total. The number of thioether (sulfide) groups is 1. The van der Waals surface area contributed by atoms with E-state index in [2.05, 4.69) is 23.0 Å². The Morgan fingerprint density at radius 2 is 2.00 bits per heavy atom. The number of likely N-dealkylation sites (tertiary alicyclic amines) is 1. The molecule has 2 rings (SSSR count). The van der Waals surface area contributed by atoms with E-state index in [4.69, 9.17) is 0 Å². The van der Waals surface area contributed by atoms with Gasteiger partial charge in [-0.25, -0.2) is 0 Å². The van der Waals surface area contributed by atoms with Crippen molar-refractivity contribution in [1.82, 2.24) is 14.7 Å². The zero-order valence-electron chi connectivity index (χ0n) is 13.9. The van der Waals surface area contributed by atoms with Crippen molar-refractivity contribution in [2.24, 2.45) is 5.92 Å². The molecule has 21 heavy (non-hydrogen) atoms. The molecule has 0 bridgehead atoms. The molecular weight excluding hydrogens is 282 g/mol. The lowest BCUT2D eigenvalue weighted by molar-refractivity contribution is -0.128. The van der Waals surface area contributed by atoms with Crippen LogP contribution >= 0.6 is 11.8 Å². The van der Waals surface area contributed by atoms with Crippen molar-refractivity contribution in [3.63, 3.8) is 0 Å². The van der Waals surface area contributed by atoms with Gasteiger partial charge in [-0.15, -0.1) is 0 Å². The molecule has 0 aromatic heterocycles. The maximum atomic E-state index is 11.5. The van der Waals surface area contributed by atoms with Gasteiger partial charge in [0.1, 0.15) is 0 Å². The lowest BCUT2D eigenvalue weighted by atomic mass is 10.0. The Labute approximate surface area is 134 Å². The summed E-state index contributed by atoms with van der Waals surface area (Å²) in [7, 11) is 0. The van der Waals surface area contributed by atoms with Crippen LogP contribution in [-0.2, 0) is 4.79 Å². The summed E-state index contributed by atoms with van der Waals surface area (Å²) in [5.74, 6) is 2.26. The van der Waals surface area contributed by atoms with Gasteiger partial charge >= 0.3 is 0 Å². The standard InChI is InChI=1S/C16H31N3OS/c1-14-12-17(6-5-11-21-3)13-16(14)19-8-4-7-18(9-10-19)15(2)20/h14,16H,4-13H2,1-3H3/t14-,16-/m1/s1. The molecule has 0 radical (unpaired) electrons. The maximum absolute atomic E-state index is 11.5. The van der Waals surface area contributed by atoms with Gasteiger partial charge in [0, 0.05) is 52.2 Å². The molecule has 0 aliphatic carbocycles. The highest BCUT2D eigenvalue weighted by Crippen LogP contribution is 2.23. The van der Waals surface area contributed by atoms with Crippen LogP contribution in [0.1, 0.15) is 26.7 Å². The monoisotopic (exact) mass is 313 g/mol. The summed E-state index contributed by atoms with van der Waals surface area (Å²) >= 11 is 1.95. The van der Waals surface area contributed by atoms with Gasteiger partial charge in [0.2, 0.25) is 5.91 Å². The Kier molecular flexibility index (Phi) is 6.83. The van der Waals surface area contributed by atoms with Crippen molar-refractivity contribution in [1.29, 1.82) is 0 Å². The van der Waals surface area contributed by atoms with Crippen LogP contribution in [0.3, 0.4) is 0 Å². The third-order valence-corrected chi connectivity index (χ3v) is 5.61. The molecule has 0 unspecified atom stereocenters. The number of rotatable bonds is 5. The second kappa shape index (κ2) is 8.39. The Bertz CT molecular complexity index is 339. The number of nitrogens with zero attached hydrogens (tertiary/aromatic N) is 3. The molecule has 2 atom stereocenters. The SMILES string of the molecule is CSCCCN1C[C@@H](C)[C@H](N2CCCN(C(C)=O)CC2)C1. The summed E-state index contributed by atoms with van der Waals surface area (Å²) in [4.78, 5) is 18.8. The molecule has 2 saturated heterocycles. The zero-order valence-corrected chi connectivity index (χ0v) is 14.7. The molecule has 0 spiro atoms. The van der Waals surface area contributed by atoms with E-state index >= 15 is 0 Å². The first-order chi connectivity index (χ1) is 10.1. The van der Waals surface area contributed by atoms with Gasteiger partial charge in [-0.1, -0.05) is 6.92 Å². The lowest BCUT2D eigenvalue weighted by Gasteiger charge is -2.30. The van der Waals surface area contributed by atoms with Gasteiger partial charge in [-0.3, -0.25) is 9.69 Å². The Morgan fingerprint density at radius 1 is 1.19 bits per heavy atom. The quantitative estimate of drug-likeness (QED) is 0.721. The molecule has 2 aliphatic rings. The third-order valence-electron chi connectivity index (χ3n) is 4.92. The summed E-state index contributed by atoms with van der Waals surface area (Å²) in [6.45, 7) is 11.8. The molecule has 2 aliphatic heterocycles. The highest BCUT2D eigenvalue weighted by Gasteiger charge is 2.34. The highest BCUT2D eigenvalue weighted by atomic mass is 32.2. The summed E-state index contributed by atoms with van der Waals surface area (Å²) in [5.41, 5.74) is 0. The molecule has 1 amide bonds. The second-order valence-corrected chi connectivity index (χ2v) is 7.53. The molecule has 2 heterocycles. The van der Waals surface area contributed by atoms with Crippen molar-refractivity contribution in [3.05, 3.63) is 0 Å². The van der Waals surface area contributed by atoms with Gasteiger partial charge in [0.25, 0.3) is 0 Å².